The fraction of sp³-hybridized carbons (Fsp3) is 0.692. The predicted molar refractivity (Wildman–Crippen MR) is 68.1 cm³/mol. The van der Waals surface area contributed by atoms with E-state index in [1.165, 1.54) is 36.1 Å². The molecule has 2 aliphatic carbocycles. The molecule has 3 N–H and O–H groups in total. The molecule has 16 heavy (non-hydrogen) atoms. The highest BCUT2D eigenvalue weighted by Gasteiger charge is 2.54. The van der Waals surface area contributed by atoms with Crippen molar-refractivity contribution in [3.8, 4) is 0 Å². The Morgan fingerprint density at radius 3 is 2.56 bits per heavy atom. The minimum absolute atomic E-state index is 0.401. The summed E-state index contributed by atoms with van der Waals surface area (Å²) in [5, 5.41) is 2.27. The molecule has 2 aliphatic rings. The van der Waals surface area contributed by atoms with Gasteiger partial charge in [-0.25, -0.2) is 0 Å². The molecule has 1 aromatic rings. The van der Waals surface area contributed by atoms with Gasteiger partial charge < -0.3 is 0 Å². The van der Waals surface area contributed by atoms with Gasteiger partial charge in [-0.2, -0.15) is 0 Å². The Hall–Kier alpha value is -0.380. The molecule has 2 fully saturated rings. The van der Waals surface area contributed by atoms with Crippen molar-refractivity contribution in [1.29, 1.82) is 0 Å². The van der Waals surface area contributed by atoms with E-state index in [2.05, 4.69) is 23.8 Å². The van der Waals surface area contributed by atoms with Gasteiger partial charge in [-0.3, -0.25) is 11.3 Å². The van der Waals surface area contributed by atoms with Gasteiger partial charge in [-0.1, -0.05) is 12.8 Å². The zero-order chi connectivity index (χ0) is 11.1. The first-order valence-corrected chi connectivity index (χ1v) is 7.20. The van der Waals surface area contributed by atoms with Crippen molar-refractivity contribution in [1.82, 2.24) is 5.43 Å². The predicted octanol–water partition coefficient (Wildman–Crippen LogP) is 3.00. The summed E-state index contributed by atoms with van der Waals surface area (Å²) in [6.45, 7) is 2.17. The molecule has 0 radical (unpaired) electrons. The number of nitrogens with one attached hydrogen (secondary N) is 1. The summed E-state index contributed by atoms with van der Waals surface area (Å²) < 4.78 is 0. The second-order valence-electron chi connectivity index (χ2n) is 5.32. The molecule has 3 atom stereocenters. The van der Waals surface area contributed by atoms with Crippen LogP contribution in [0, 0.1) is 24.7 Å². The Balaban J connectivity index is 1.77. The van der Waals surface area contributed by atoms with Crippen LogP contribution in [0.3, 0.4) is 0 Å². The highest BCUT2D eigenvalue weighted by Crippen LogP contribution is 2.60. The monoisotopic (exact) mass is 236 g/mol. The number of hydrogen-bond donors (Lipinski definition) is 2. The van der Waals surface area contributed by atoms with E-state index in [1.54, 1.807) is 0 Å². The van der Waals surface area contributed by atoms with Crippen LogP contribution in [0.2, 0.25) is 0 Å². The van der Waals surface area contributed by atoms with E-state index in [-0.39, 0.29) is 0 Å². The number of nitrogens with two attached hydrogens (primary N) is 1. The Bertz CT molecular complexity index is 362. The van der Waals surface area contributed by atoms with E-state index >= 15 is 0 Å². The van der Waals surface area contributed by atoms with Crippen molar-refractivity contribution < 1.29 is 0 Å². The SMILES string of the molecule is Cc1cc(C(NN)C2C3CCCCC32)cs1. The maximum atomic E-state index is 5.76. The van der Waals surface area contributed by atoms with Gasteiger partial charge in [0.25, 0.3) is 0 Å². The molecule has 1 aromatic heterocycles. The van der Waals surface area contributed by atoms with Gasteiger partial charge in [-0.05, 0) is 54.5 Å². The molecule has 1 heterocycles. The number of hydrogen-bond acceptors (Lipinski definition) is 3. The first kappa shape index (κ1) is 10.8. The molecular weight excluding hydrogens is 216 g/mol. The van der Waals surface area contributed by atoms with Gasteiger partial charge in [-0.15, -0.1) is 11.3 Å². The lowest BCUT2D eigenvalue weighted by molar-refractivity contribution is 0.457. The van der Waals surface area contributed by atoms with Crippen molar-refractivity contribution in [3.63, 3.8) is 0 Å². The highest BCUT2D eigenvalue weighted by molar-refractivity contribution is 7.10. The molecule has 0 bridgehead atoms. The van der Waals surface area contributed by atoms with Gasteiger partial charge in [0.05, 0.1) is 6.04 Å². The molecule has 0 aromatic carbocycles. The number of rotatable bonds is 3. The van der Waals surface area contributed by atoms with Gasteiger partial charge in [0.2, 0.25) is 0 Å². The molecule has 2 nitrogen and oxygen atoms in total. The average molecular weight is 236 g/mol. The van der Waals surface area contributed by atoms with Crippen LogP contribution in [-0.2, 0) is 0 Å². The van der Waals surface area contributed by atoms with Crippen LogP contribution in [0.25, 0.3) is 0 Å². The van der Waals surface area contributed by atoms with E-state index in [4.69, 9.17) is 5.84 Å². The zero-order valence-electron chi connectivity index (χ0n) is 9.78. The number of aryl methyl sites for hydroxylation is 1. The van der Waals surface area contributed by atoms with E-state index in [9.17, 15) is 0 Å². The number of hydrazine groups is 1. The van der Waals surface area contributed by atoms with Crippen LogP contribution >= 0.6 is 11.3 Å². The van der Waals surface area contributed by atoms with Crippen molar-refractivity contribution >= 4 is 11.3 Å². The third kappa shape index (κ3) is 1.71. The van der Waals surface area contributed by atoms with Crippen LogP contribution < -0.4 is 11.3 Å². The summed E-state index contributed by atoms with van der Waals surface area (Å²) in [5.41, 5.74) is 4.46. The lowest BCUT2D eigenvalue weighted by Gasteiger charge is -2.14. The second kappa shape index (κ2) is 4.13. The van der Waals surface area contributed by atoms with Crippen LogP contribution in [0.4, 0.5) is 0 Å². The first-order chi connectivity index (χ1) is 7.81. The van der Waals surface area contributed by atoms with Crippen molar-refractivity contribution in [3.05, 3.63) is 21.9 Å². The first-order valence-electron chi connectivity index (χ1n) is 6.32. The van der Waals surface area contributed by atoms with E-state index < -0.39 is 0 Å². The normalized spacial score (nSPS) is 34.5. The smallest absolute Gasteiger partial charge is 0.0501 e. The molecule has 0 saturated heterocycles. The topological polar surface area (TPSA) is 38.0 Å². The molecule has 0 amide bonds. The molecular formula is C13H20N2S. The standard InChI is InChI=1S/C13H20N2S/c1-8-6-9(7-16-8)13(15-14)12-10-4-2-3-5-11(10)12/h6-7,10-13,15H,2-5,14H2,1H3. The van der Waals surface area contributed by atoms with Gasteiger partial charge in [0.1, 0.15) is 0 Å². The summed E-state index contributed by atoms with van der Waals surface area (Å²) in [5.74, 6) is 8.48. The van der Waals surface area contributed by atoms with E-state index in [1.807, 2.05) is 11.3 Å². The molecule has 2 saturated carbocycles. The van der Waals surface area contributed by atoms with Crippen molar-refractivity contribution in [2.75, 3.05) is 0 Å². The summed E-state index contributed by atoms with van der Waals surface area (Å²) >= 11 is 1.83. The molecule has 88 valence electrons. The molecule has 0 aliphatic heterocycles. The Kier molecular flexibility index (Phi) is 2.78. The number of thiophene rings is 1. The van der Waals surface area contributed by atoms with Crippen LogP contribution in [0.1, 0.15) is 42.2 Å². The minimum Gasteiger partial charge on any atom is -0.271 e. The Morgan fingerprint density at radius 2 is 2.06 bits per heavy atom. The maximum absolute atomic E-state index is 5.76. The molecule has 3 rings (SSSR count). The lowest BCUT2D eigenvalue weighted by Crippen LogP contribution is -2.30. The lowest BCUT2D eigenvalue weighted by atomic mass is 10.0. The van der Waals surface area contributed by atoms with Crippen LogP contribution in [0.5, 0.6) is 0 Å². The second-order valence-corrected chi connectivity index (χ2v) is 6.44. The maximum Gasteiger partial charge on any atom is 0.0501 e. The molecule has 3 heteroatoms. The number of fused-ring (bicyclic) bond motifs is 1. The van der Waals surface area contributed by atoms with Crippen molar-refractivity contribution in [2.45, 2.75) is 38.6 Å². The molecule has 3 unspecified atom stereocenters. The third-order valence-electron chi connectivity index (χ3n) is 4.40. The average Bonchev–Trinajstić information content (AvgIpc) is 2.86. The molecule has 0 spiro atoms. The summed E-state index contributed by atoms with van der Waals surface area (Å²) in [6, 6.07) is 2.69. The zero-order valence-corrected chi connectivity index (χ0v) is 10.6. The summed E-state index contributed by atoms with van der Waals surface area (Å²) in [4.78, 5) is 1.39. The fourth-order valence-corrected chi connectivity index (χ4v) is 4.34. The fourth-order valence-electron chi connectivity index (χ4n) is 3.60. The van der Waals surface area contributed by atoms with E-state index in [0.717, 1.165) is 17.8 Å². The highest BCUT2D eigenvalue weighted by atomic mass is 32.1. The van der Waals surface area contributed by atoms with Crippen LogP contribution in [-0.4, -0.2) is 0 Å². The van der Waals surface area contributed by atoms with Gasteiger partial charge in [0.15, 0.2) is 0 Å². The third-order valence-corrected chi connectivity index (χ3v) is 5.28. The van der Waals surface area contributed by atoms with Crippen LogP contribution in [0.15, 0.2) is 11.4 Å². The van der Waals surface area contributed by atoms with E-state index in [0.29, 0.717) is 6.04 Å². The Labute approximate surface area is 101 Å². The summed E-state index contributed by atoms with van der Waals surface area (Å²) in [7, 11) is 0. The Morgan fingerprint density at radius 1 is 1.38 bits per heavy atom. The summed E-state index contributed by atoms with van der Waals surface area (Å²) in [6.07, 6.45) is 5.71. The largest absolute Gasteiger partial charge is 0.271 e. The minimum atomic E-state index is 0.401. The van der Waals surface area contributed by atoms with Gasteiger partial charge >= 0.3 is 0 Å². The quantitative estimate of drug-likeness (QED) is 0.625. The van der Waals surface area contributed by atoms with Crippen molar-refractivity contribution in [2.24, 2.45) is 23.6 Å². The van der Waals surface area contributed by atoms with Gasteiger partial charge in [0, 0.05) is 4.88 Å².